The standard InChI is InChI=1S/C28H31NO4/c1-16-15-28(2,3)29-20-13-12-19-24-21(31-4)10-7-11-22(24)33-26(25(19)23(16)20)17-8-6-9-18(14-17)27(30)32-5/h7,10-15,17,26,29H,6,8-9H2,1-5H3. The minimum atomic E-state index is -0.243. The molecule has 172 valence electrons. The minimum absolute atomic E-state index is 0.0696. The number of hydrogen-bond donors (Lipinski definition) is 1. The van der Waals surface area contributed by atoms with Gasteiger partial charge in [-0.3, -0.25) is 0 Å². The molecule has 1 N–H and O–H groups in total. The summed E-state index contributed by atoms with van der Waals surface area (Å²) in [6.45, 7) is 6.53. The summed E-state index contributed by atoms with van der Waals surface area (Å²) in [5.74, 6) is 1.44. The smallest absolute Gasteiger partial charge is 0.333 e. The zero-order chi connectivity index (χ0) is 23.3. The van der Waals surface area contributed by atoms with E-state index >= 15 is 0 Å². The number of benzene rings is 2. The maximum Gasteiger partial charge on any atom is 0.333 e. The van der Waals surface area contributed by atoms with Gasteiger partial charge in [0.2, 0.25) is 0 Å². The van der Waals surface area contributed by atoms with Crippen molar-refractivity contribution >= 4 is 17.2 Å². The third-order valence-corrected chi connectivity index (χ3v) is 6.93. The summed E-state index contributed by atoms with van der Waals surface area (Å²) in [4.78, 5) is 12.3. The van der Waals surface area contributed by atoms with Crippen LogP contribution in [0, 0.1) is 5.92 Å². The molecule has 2 aromatic rings. The van der Waals surface area contributed by atoms with Crippen LogP contribution in [0.4, 0.5) is 5.69 Å². The molecule has 5 heteroatoms. The summed E-state index contributed by atoms with van der Waals surface area (Å²) in [5.41, 5.74) is 7.41. The Morgan fingerprint density at radius 3 is 2.73 bits per heavy atom. The first-order valence-electron chi connectivity index (χ1n) is 11.6. The molecule has 0 amide bonds. The highest BCUT2D eigenvalue weighted by Crippen LogP contribution is 2.54. The number of nitrogens with one attached hydrogen (secondary N) is 1. The van der Waals surface area contributed by atoms with Crippen molar-refractivity contribution < 1.29 is 19.0 Å². The molecule has 0 saturated carbocycles. The third kappa shape index (κ3) is 3.60. The monoisotopic (exact) mass is 445 g/mol. The Morgan fingerprint density at radius 2 is 1.97 bits per heavy atom. The highest BCUT2D eigenvalue weighted by molar-refractivity contribution is 5.92. The zero-order valence-electron chi connectivity index (χ0n) is 20.0. The summed E-state index contributed by atoms with van der Waals surface area (Å²) < 4.78 is 17.5. The van der Waals surface area contributed by atoms with Crippen molar-refractivity contribution in [3.63, 3.8) is 0 Å². The Bertz CT molecular complexity index is 1190. The normalized spacial score (nSPS) is 22.3. The van der Waals surface area contributed by atoms with Gasteiger partial charge in [-0.25, -0.2) is 4.79 Å². The molecule has 5 nitrogen and oxygen atoms in total. The highest BCUT2D eigenvalue weighted by Gasteiger charge is 2.39. The fraction of sp³-hybridized carbons (Fsp3) is 0.393. The van der Waals surface area contributed by atoms with E-state index in [0.29, 0.717) is 0 Å². The number of anilines is 1. The lowest BCUT2D eigenvalue weighted by Crippen LogP contribution is -2.33. The molecule has 0 spiro atoms. The molecule has 2 unspecified atom stereocenters. The zero-order valence-corrected chi connectivity index (χ0v) is 20.0. The summed E-state index contributed by atoms with van der Waals surface area (Å²) >= 11 is 0. The molecule has 0 aromatic heterocycles. The molecule has 2 atom stereocenters. The van der Waals surface area contributed by atoms with Gasteiger partial charge in [0.25, 0.3) is 0 Å². The molecule has 33 heavy (non-hydrogen) atoms. The number of carbonyl (C=O) groups is 1. The van der Waals surface area contributed by atoms with Crippen LogP contribution in [0.15, 0.2) is 48.1 Å². The Kier molecular flexibility index (Phi) is 5.23. The molecule has 5 rings (SSSR count). The van der Waals surface area contributed by atoms with Crippen molar-refractivity contribution in [3.05, 3.63) is 59.2 Å². The minimum Gasteiger partial charge on any atom is -0.496 e. The van der Waals surface area contributed by atoms with Crippen molar-refractivity contribution in [2.45, 2.75) is 51.7 Å². The number of fused-ring (bicyclic) bond motifs is 5. The number of ether oxygens (including phenoxy) is 3. The van der Waals surface area contributed by atoms with Crippen LogP contribution in [-0.2, 0) is 9.53 Å². The Balaban J connectivity index is 1.74. The van der Waals surface area contributed by atoms with Crippen LogP contribution in [0.3, 0.4) is 0 Å². The van der Waals surface area contributed by atoms with Crippen LogP contribution in [-0.4, -0.2) is 25.7 Å². The van der Waals surface area contributed by atoms with Crippen molar-refractivity contribution in [2.75, 3.05) is 19.5 Å². The molecule has 2 heterocycles. The average Bonchev–Trinajstić information content (AvgIpc) is 2.81. The number of rotatable bonds is 3. The number of allylic oxidation sites excluding steroid dienone is 1. The van der Waals surface area contributed by atoms with Crippen LogP contribution in [0.25, 0.3) is 16.7 Å². The number of carbonyl (C=O) groups excluding carboxylic acids is 1. The van der Waals surface area contributed by atoms with Crippen molar-refractivity contribution in [1.82, 2.24) is 0 Å². The molecule has 0 bridgehead atoms. The molecule has 0 saturated heterocycles. The van der Waals surface area contributed by atoms with E-state index in [9.17, 15) is 4.79 Å². The Hall–Kier alpha value is -3.21. The lowest BCUT2D eigenvalue weighted by Gasteiger charge is -2.39. The van der Waals surface area contributed by atoms with E-state index in [2.05, 4.69) is 50.4 Å². The van der Waals surface area contributed by atoms with Gasteiger partial charge in [0, 0.05) is 28.3 Å². The SMILES string of the molecule is COC(=O)C1=CC(C2Oc3cccc(OC)c3-c3ccc4c(c32)C(C)=CC(C)(C)N4)CCC1. The van der Waals surface area contributed by atoms with E-state index in [0.717, 1.165) is 58.7 Å². The Labute approximate surface area is 195 Å². The van der Waals surface area contributed by atoms with Crippen molar-refractivity contribution in [2.24, 2.45) is 5.92 Å². The number of esters is 1. The maximum absolute atomic E-state index is 12.3. The predicted molar refractivity (Wildman–Crippen MR) is 131 cm³/mol. The van der Waals surface area contributed by atoms with Gasteiger partial charge < -0.3 is 19.5 Å². The summed E-state index contributed by atoms with van der Waals surface area (Å²) in [6, 6.07) is 10.3. The van der Waals surface area contributed by atoms with Gasteiger partial charge in [-0.15, -0.1) is 0 Å². The lowest BCUT2D eigenvalue weighted by molar-refractivity contribution is -0.136. The molecule has 1 aliphatic carbocycles. The molecule has 0 radical (unpaired) electrons. The lowest BCUT2D eigenvalue weighted by atomic mass is 9.76. The molecule has 2 aliphatic heterocycles. The molecule has 2 aromatic carbocycles. The van der Waals surface area contributed by atoms with Crippen LogP contribution < -0.4 is 14.8 Å². The van der Waals surface area contributed by atoms with E-state index in [4.69, 9.17) is 14.2 Å². The molecule has 0 fully saturated rings. The fourth-order valence-corrected chi connectivity index (χ4v) is 5.69. The highest BCUT2D eigenvalue weighted by atomic mass is 16.5. The van der Waals surface area contributed by atoms with E-state index < -0.39 is 0 Å². The number of hydrogen-bond acceptors (Lipinski definition) is 5. The second-order valence-corrected chi connectivity index (χ2v) is 9.73. The van der Waals surface area contributed by atoms with Gasteiger partial charge in [-0.2, -0.15) is 0 Å². The summed E-state index contributed by atoms with van der Waals surface area (Å²) in [6.07, 6.45) is 6.78. The van der Waals surface area contributed by atoms with E-state index in [1.807, 2.05) is 18.2 Å². The molecular weight excluding hydrogens is 414 g/mol. The van der Waals surface area contributed by atoms with Gasteiger partial charge in [-0.1, -0.05) is 24.3 Å². The van der Waals surface area contributed by atoms with E-state index in [1.54, 1.807) is 7.11 Å². The van der Waals surface area contributed by atoms with E-state index in [1.165, 1.54) is 18.2 Å². The first-order valence-corrected chi connectivity index (χ1v) is 11.6. The fourth-order valence-electron chi connectivity index (χ4n) is 5.69. The van der Waals surface area contributed by atoms with E-state index in [-0.39, 0.29) is 23.5 Å². The van der Waals surface area contributed by atoms with Gasteiger partial charge in [0.05, 0.1) is 25.3 Å². The summed E-state index contributed by atoms with van der Waals surface area (Å²) in [7, 11) is 3.14. The van der Waals surface area contributed by atoms with Gasteiger partial charge >= 0.3 is 5.97 Å². The second-order valence-electron chi connectivity index (χ2n) is 9.73. The maximum atomic E-state index is 12.3. The van der Waals surface area contributed by atoms with Gasteiger partial charge in [0.15, 0.2) is 0 Å². The number of methoxy groups -OCH3 is 2. The topological polar surface area (TPSA) is 56.8 Å². The largest absolute Gasteiger partial charge is 0.496 e. The first-order chi connectivity index (χ1) is 15.8. The quantitative estimate of drug-likeness (QED) is 0.562. The molecular formula is C28H31NO4. The Morgan fingerprint density at radius 1 is 1.15 bits per heavy atom. The van der Waals surface area contributed by atoms with Gasteiger partial charge in [0.1, 0.15) is 17.6 Å². The molecule has 3 aliphatic rings. The first kappa shape index (κ1) is 21.6. The predicted octanol–water partition coefficient (Wildman–Crippen LogP) is 6.30. The van der Waals surface area contributed by atoms with Crippen LogP contribution >= 0.6 is 0 Å². The van der Waals surface area contributed by atoms with Crippen molar-refractivity contribution in [3.8, 4) is 22.6 Å². The third-order valence-electron chi connectivity index (χ3n) is 6.93. The van der Waals surface area contributed by atoms with Crippen molar-refractivity contribution in [1.29, 1.82) is 0 Å². The van der Waals surface area contributed by atoms with Crippen LogP contribution in [0.1, 0.15) is 57.3 Å². The van der Waals surface area contributed by atoms with Crippen LogP contribution in [0.2, 0.25) is 0 Å². The second kappa shape index (κ2) is 7.98. The summed E-state index contributed by atoms with van der Waals surface area (Å²) in [5, 5.41) is 3.68. The van der Waals surface area contributed by atoms with Crippen LogP contribution in [0.5, 0.6) is 11.5 Å². The average molecular weight is 446 g/mol. The van der Waals surface area contributed by atoms with Gasteiger partial charge in [-0.05, 0) is 69.4 Å².